The van der Waals surface area contributed by atoms with Crippen molar-refractivity contribution in [2.24, 2.45) is 0 Å². The molecule has 1 aliphatic rings. The van der Waals surface area contributed by atoms with E-state index in [0.29, 0.717) is 0 Å². The smallest absolute Gasteiger partial charge is 0.134 e. The molecule has 1 heterocycles. The SMILES string of the molecule is Brc1ccc2occ3c2c1CCC3. The van der Waals surface area contributed by atoms with Crippen molar-refractivity contribution in [3.8, 4) is 0 Å². The number of halogens is 1. The highest BCUT2D eigenvalue weighted by Gasteiger charge is 2.17. The minimum atomic E-state index is 1.04. The van der Waals surface area contributed by atoms with Crippen LogP contribution in [0.1, 0.15) is 17.5 Å². The summed E-state index contributed by atoms with van der Waals surface area (Å²) in [5.41, 5.74) is 3.83. The Bertz CT molecular complexity index is 470. The van der Waals surface area contributed by atoms with Crippen LogP contribution in [0, 0.1) is 0 Å². The molecule has 0 atom stereocenters. The van der Waals surface area contributed by atoms with Gasteiger partial charge in [0.25, 0.3) is 0 Å². The molecule has 1 aliphatic carbocycles. The van der Waals surface area contributed by atoms with Crippen molar-refractivity contribution in [2.45, 2.75) is 19.3 Å². The predicted octanol–water partition coefficient (Wildman–Crippen LogP) is 3.68. The first-order valence-electron chi connectivity index (χ1n) is 4.54. The summed E-state index contributed by atoms with van der Waals surface area (Å²) in [6.07, 6.45) is 5.48. The van der Waals surface area contributed by atoms with Crippen LogP contribution in [0.25, 0.3) is 11.0 Å². The molecular weight excluding hydrogens is 228 g/mol. The summed E-state index contributed by atoms with van der Waals surface area (Å²) in [6, 6.07) is 4.12. The third kappa shape index (κ3) is 0.983. The lowest BCUT2D eigenvalue weighted by molar-refractivity contribution is 0.609. The van der Waals surface area contributed by atoms with E-state index in [1.54, 1.807) is 0 Å². The van der Waals surface area contributed by atoms with Crippen LogP contribution in [0.5, 0.6) is 0 Å². The van der Waals surface area contributed by atoms with E-state index < -0.39 is 0 Å². The molecule has 0 aliphatic heterocycles. The molecule has 0 N–H and O–H groups in total. The standard InChI is InChI=1S/C11H9BrO/c12-9-4-5-10-11-7(6-13-10)2-1-3-8(9)11/h4-6H,1-3H2. The number of rotatable bonds is 0. The van der Waals surface area contributed by atoms with Gasteiger partial charge >= 0.3 is 0 Å². The van der Waals surface area contributed by atoms with Crippen molar-refractivity contribution in [1.82, 2.24) is 0 Å². The molecule has 3 rings (SSSR count). The highest BCUT2D eigenvalue weighted by Crippen LogP contribution is 2.35. The van der Waals surface area contributed by atoms with Crippen molar-refractivity contribution in [3.05, 3.63) is 34.0 Å². The van der Waals surface area contributed by atoms with Crippen molar-refractivity contribution in [3.63, 3.8) is 0 Å². The van der Waals surface area contributed by atoms with E-state index in [0.717, 1.165) is 12.0 Å². The number of aryl methyl sites for hydroxylation is 2. The molecule has 0 fully saturated rings. The average molecular weight is 237 g/mol. The van der Waals surface area contributed by atoms with E-state index in [1.165, 1.54) is 33.8 Å². The van der Waals surface area contributed by atoms with E-state index in [1.807, 2.05) is 12.3 Å². The van der Waals surface area contributed by atoms with Gasteiger partial charge in [0.05, 0.1) is 6.26 Å². The van der Waals surface area contributed by atoms with Crippen molar-refractivity contribution in [2.75, 3.05) is 0 Å². The zero-order valence-corrected chi connectivity index (χ0v) is 8.73. The van der Waals surface area contributed by atoms with Gasteiger partial charge in [0.1, 0.15) is 5.58 Å². The summed E-state index contributed by atoms with van der Waals surface area (Å²) in [6.45, 7) is 0. The molecule has 0 amide bonds. The van der Waals surface area contributed by atoms with E-state index in [2.05, 4.69) is 22.0 Å². The third-order valence-electron chi connectivity index (χ3n) is 2.74. The van der Waals surface area contributed by atoms with Gasteiger partial charge in [0.15, 0.2) is 0 Å². The molecule has 1 aromatic carbocycles. The monoisotopic (exact) mass is 236 g/mol. The normalized spacial score (nSPS) is 15.2. The number of hydrogen-bond acceptors (Lipinski definition) is 1. The average Bonchev–Trinajstić information content (AvgIpc) is 2.57. The first-order valence-corrected chi connectivity index (χ1v) is 5.33. The summed E-state index contributed by atoms with van der Waals surface area (Å²) in [5, 5.41) is 1.35. The van der Waals surface area contributed by atoms with E-state index in [4.69, 9.17) is 4.42 Å². The van der Waals surface area contributed by atoms with Crippen LogP contribution in [0.4, 0.5) is 0 Å². The van der Waals surface area contributed by atoms with E-state index in [9.17, 15) is 0 Å². The van der Waals surface area contributed by atoms with Gasteiger partial charge in [0, 0.05) is 9.86 Å². The molecule has 0 radical (unpaired) electrons. The van der Waals surface area contributed by atoms with Crippen LogP contribution in [0.15, 0.2) is 27.3 Å². The second kappa shape index (κ2) is 2.61. The van der Waals surface area contributed by atoms with Crippen molar-refractivity contribution >= 4 is 26.9 Å². The zero-order chi connectivity index (χ0) is 8.84. The number of furan rings is 1. The fourth-order valence-corrected chi connectivity index (χ4v) is 2.66. The van der Waals surface area contributed by atoms with Crippen LogP contribution in [0.3, 0.4) is 0 Å². The molecule has 0 saturated carbocycles. The number of hydrogen-bond donors (Lipinski definition) is 0. The molecule has 13 heavy (non-hydrogen) atoms. The maximum atomic E-state index is 5.49. The molecule has 1 aromatic heterocycles. The van der Waals surface area contributed by atoms with Crippen LogP contribution in [-0.4, -0.2) is 0 Å². The van der Waals surface area contributed by atoms with E-state index in [-0.39, 0.29) is 0 Å². The molecule has 0 saturated heterocycles. The summed E-state index contributed by atoms with van der Waals surface area (Å²) in [7, 11) is 0. The van der Waals surface area contributed by atoms with Gasteiger partial charge in [-0.25, -0.2) is 0 Å². The Morgan fingerprint density at radius 2 is 2.15 bits per heavy atom. The van der Waals surface area contributed by atoms with E-state index >= 15 is 0 Å². The van der Waals surface area contributed by atoms with Gasteiger partial charge in [-0.05, 0) is 42.5 Å². The molecule has 0 spiro atoms. The topological polar surface area (TPSA) is 13.1 Å². The molecule has 1 nitrogen and oxygen atoms in total. The van der Waals surface area contributed by atoms with Crippen LogP contribution >= 0.6 is 15.9 Å². The van der Waals surface area contributed by atoms with Gasteiger partial charge in [-0.2, -0.15) is 0 Å². The first-order chi connectivity index (χ1) is 6.36. The fourth-order valence-electron chi connectivity index (χ4n) is 2.13. The summed E-state index contributed by atoms with van der Waals surface area (Å²) >= 11 is 3.59. The Morgan fingerprint density at radius 1 is 1.23 bits per heavy atom. The Balaban J connectivity index is 2.50. The summed E-state index contributed by atoms with van der Waals surface area (Å²) < 4.78 is 6.72. The van der Waals surface area contributed by atoms with Gasteiger partial charge in [-0.1, -0.05) is 15.9 Å². The van der Waals surface area contributed by atoms with Crippen LogP contribution in [-0.2, 0) is 12.8 Å². The lowest BCUT2D eigenvalue weighted by Gasteiger charge is -2.12. The fraction of sp³-hybridized carbons (Fsp3) is 0.273. The Morgan fingerprint density at radius 3 is 3.08 bits per heavy atom. The maximum Gasteiger partial charge on any atom is 0.134 e. The summed E-state index contributed by atoms with van der Waals surface area (Å²) in [5.74, 6) is 0. The Labute approximate surface area is 84.9 Å². The third-order valence-corrected chi connectivity index (χ3v) is 3.48. The maximum absolute atomic E-state index is 5.49. The lowest BCUT2D eigenvalue weighted by atomic mass is 9.93. The largest absolute Gasteiger partial charge is 0.464 e. The molecule has 2 heteroatoms. The van der Waals surface area contributed by atoms with Gasteiger partial charge in [0.2, 0.25) is 0 Å². The van der Waals surface area contributed by atoms with Crippen molar-refractivity contribution in [1.29, 1.82) is 0 Å². The highest BCUT2D eigenvalue weighted by molar-refractivity contribution is 9.10. The van der Waals surface area contributed by atoms with Crippen molar-refractivity contribution < 1.29 is 4.42 Å². The highest BCUT2D eigenvalue weighted by atomic mass is 79.9. The van der Waals surface area contributed by atoms with Crippen LogP contribution < -0.4 is 0 Å². The quantitative estimate of drug-likeness (QED) is 0.681. The lowest BCUT2D eigenvalue weighted by Crippen LogP contribution is -1.98. The first kappa shape index (κ1) is 7.63. The van der Waals surface area contributed by atoms with Crippen LogP contribution in [0.2, 0.25) is 0 Å². The van der Waals surface area contributed by atoms with Gasteiger partial charge < -0.3 is 4.42 Å². The molecular formula is C11H9BrO. The van der Waals surface area contributed by atoms with Gasteiger partial charge in [-0.3, -0.25) is 0 Å². The minimum Gasteiger partial charge on any atom is -0.464 e. The second-order valence-electron chi connectivity index (χ2n) is 3.51. The summed E-state index contributed by atoms with van der Waals surface area (Å²) in [4.78, 5) is 0. The molecule has 0 bridgehead atoms. The Hall–Kier alpha value is -0.760. The predicted molar refractivity (Wildman–Crippen MR) is 55.9 cm³/mol. The zero-order valence-electron chi connectivity index (χ0n) is 7.14. The molecule has 0 unspecified atom stereocenters. The Kier molecular flexibility index (Phi) is 1.53. The second-order valence-corrected chi connectivity index (χ2v) is 4.37. The minimum absolute atomic E-state index is 1.04. The molecule has 66 valence electrons. The van der Waals surface area contributed by atoms with Gasteiger partial charge in [-0.15, -0.1) is 0 Å². The molecule has 2 aromatic rings. The number of benzene rings is 1.